The van der Waals surface area contributed by atoms with Crippen molar-refractivity contribution in [2.75, 3.05) is 5.32 Å². The first-order valence-electron chi connectivity index (χ1n) is 6.07. The molecule has 0 fully saturated rings. The molecule has 0 amide bonds. The zero-order valence-corrected chi connectivity index (χ0v) is 10.7. The SMILES string of the molecule is N#Cc1ccc2nc(Nc3ccc([N+](=O)[O-])cc3)[nH]c2c1. The average Bonchev–Trinajstić information content (AvgIpc) is 2.88. The fourth-order valence-electron chi connectivity index (χ4n) is 1.94. The number of nitrogens with one attached hydrogen (secondary N) is 2. The van der Waals surface area contributed by atoms with E-state index in [9.17, 15) is 10.1 Å². The normalized spacial score (nSPS) is 10.2. The molecular weight excluding hydrogens is 270 g/mol. The molecule has 1 heterocycles. The van der Waals surface area contributed by atoms with Gasteiger partial charge in [0.1, 0.15) is 0 Å². The summed E-state index contributed by atoms with van der Waals surface area (Å²) >= 11 is 0. The number of nitro groups is 1. The number of nitriles is 1. The fraction of sp³-hybridized carbons (Fsp3) is 0. The molecule has 0 aliphatic rings. The van der Waals surface area contributed by atoms with Crippen molar-refractivity contribution in [3.8, 4) is 6.07 Å². The minimum absolute atomic E-state index is 0.0313. The van der Waals surface area contributed by atoms with Crippen LogP contribution in [0.5, 0.6) is 0 Å². The van der Waals surface area contributed by atoms with Gasteiger partial charge in [0.25, 0.3) is 5.69 Å². The fourth-order valence-corrected chi connectivity index (χ4v) is 1.94. The zero-order chi connectivity index (χ0) is 14.8. The lowest BCUT2D eigenvalue weighted by molar-refractivity contribution is -0.384. The van der Waals surface area contributed by atoms with E-state index >= 15 is 0 Å². The van der Waals surface area contributed by atoms with E-state index in [1.54, 1.807) is 30.3 Å². The molecular formula is C14H9N5O2. The van der Waals surface area contributed by atoms with Gasteiger partial charge in [-0.05, 0) is 30.3 Å². The molecule has 3 aromatic rings. The second kappa shape index (κ2) is 4.94. The summed E-state index contributed by atoms with van der Waals surface area (Å²) in [5.41, 5.74) is 2.74. The van der Waals surface area contributed by atoms with Crippen LogP contribution in [-0.4, -0.2) is 14.9 Å². The lowest BCUT2D eigenvalue weighted by atomic mass is 10.2. The van der Waals surface area contributed by atoms with Crippen molar-refractivity contribution in [3.05, 3.63) is 58.1 Å². The summed E-state index contributed by atoms with van der Waals surface area (Å²) in [4.78, 5) is 17.5. The molecule has 2 aromatic carbocycles. The summed E-state index contributed by atoms with van der Waals surface area (Å²) in [6.45, 7) is 0. The second-order valence-corrected chi connectivity index (χ2v) is 4.36. The third-order valence-electron chi connectivity index (χ3n) is 2.95. The van der Waals surface area contributed by atoms with Gasteiger partial charge in [-0.2, -0.15) is 5.26 Å². The zero-order valence-electron chi connectivity index (χ0n) is 10.7. The van der Waals surface area contributed by atoms with Crippen LogP contribution in [0.15, 0.2) is 42.5 Å². The molecule has 1 aromatic heterocycles. The van der Waals surface area contributed by atoms with Crippen LogP contribution in [0.1, 0.15) is 5.56 Å². The van der Waals surface area contributed by atoms with Gasteiger partial charge in [-0.3, -0.25) is 10.1 Å². The van der Waals surface area contributed by atoms with E-state index < -0.39 is 4.92 Å². The van der Waals surface area contributed by atoms with Gasteiger partial charge in [-0.15, -0.1) is 0 Å². The predicted octanol–water partition coefficient (Wildman–Crippen LogP) is 3.09. The minimum atomic E-state index is -0.450. The van der Waals surface area contributed by atoms with Gasteiger partial charge in [0.2, 0.25) is 5.95 Å². The van der Waals surface area contributed by atoms with Crippen LogP contribution < -0.4 is 5.32 Å². The quantitative estimate of drug-likeness (QED) is 0.565. The van der Waals surface area contributed by atoms with E-state index in [-0.39, 0.29) is 5.69 Å². The maximum atomic E-state index is 10.6. The van der Waals surface area contributed by atoms with Crippen molar-refractivity contribution in [2.24, 2.45) is 0 Å². The number of nitro benzene ring substituents is 1. The Kier molecular flexibility index (Phi) is 2.97. The lowest BCUT2D eigenvalue weighted by Crippen LogP contribution is -1.93. The first kappa shape index (κ1) is 12.6. The maximum absolute atomic E-state index is 10.6. The van der Waals surface area contributed by atoms with Crippen LogP contribution in [0, 0.1) is 21.4 Å². The Labute approximate surface area is 119 Å². The molecule has 3 rings (SSSR count). The van der Waals surface area contributed by atoms with Crippen molar-refractivity contribution in [2.45, 2.75) is 0 Å². The van der Waals surface area contributed by atoms with E-state index in [1.165, 1.54) is 12.1 Å². The summed E-state index contributed by atoms with van der Waals surface area (Å²) in [6, 6.07) is 13.3. The summed E-state index contributed by atoms with van der Waals surface area (Å²) in [6.07, 6.45) is 0. The monoisotopic (exact) mass is 279 g/mol. The van der Waals surface area contributed by atoms with Gasteiger partial charge in [-0.25, -0.2) is 4.98 Å². The van der Waals surface area contributed by atoms with Gasteiger partial charge in [0.15, 0.2) is 0 Å². The minimum Gasteiger partial charge on any atom is -0.326 e. The number of fused-ring (bicyclic) bond motifs is 1. The maximum Gasteiger partial charge on any atom is 0.269 e. The standard InChI is InChI=1S/C14H9N5O2/c15-8-9-1-6-12-13(7-9)18-14(17-12)16-10-2-4-11(5-3-10)19(20)21/h1-7H,(H2,16,17,18). The molecule has 2 N–H and O–H groups in total. The highest BCUT2D eigenvalue weighted by Gasteiger charge is 2.06. The predicted molar refractivity (Wildman–Crippen MR) is 77.2 cm³/mol. The first-order chi connectivity index (χ1) is 10.2. The van der Waals surface area contributed by atoms with Gasteiger partial charge in [0.05, 0.1) is 27.6 Å². The van der Waals surface area contributed by atoms with Gasteiger partial charge in [0, 0.05) is 17.8 Å². The molecule has 0 saturated carbocycles. The summed E-state index contributed by atoms with van der Waals surface area (Å²) in [7, 11) is 0. The molecule has 0 atom stereocenters. The number of imidazole rings is 1. The van der Waals surface area contributed by atoms with Crippen molar-refractivity contribution < 1.29 is 4.92 Å². The van der Waals surface area contributed by atoms with Crippen LogP contribution >= 0.6 is 0 Å². The molecule has 0 bridgehead atoms. The van der Waals surface area contributed by atoms with Crippen molar-refractivity contribution in [3.63, 3.8) is 0 Å². The average molecular weight is 279 g/mol. The Bertz CT molecular complexity index is 861. The first-order valence-corrected chi connectivity index (χ1v) is 6.07. The van der Waals surface area contributed by atoms with Crippen LogP contribution in [0.2, 0.25) is 0 Å². The Balaban J connectivity index is 1.87. The molecule has 0 spiro atoms. The third-order valence-corrected chi connectivity index (χ3v) is 2.95. The molecule has 0 aliphatic heterocycles. The Morgan fingerprint density at radius 2 is 2.00 bits per heavy atom. The number of nitrogens with zero attached hydrogens (tertiary/aromatic N) is 3. The van der Waals surface area contributed by atoms with E-state index in [0.29, 0.717) is 17.2 Å². The smallest absolute Gasteiger partial charge is 0.269 e. The Morgan fingerprint density at radius 3 is 2.67 bits per heavy atom. The van der Waals surface area contributed by atoms with Crippen molar-refractivity contribution in [1.82, 2.24) is 9.97 Å². The number of hydrogen-bond acceptors (Lipinski definition) is 5. The highest BCUT2D eigenvalue weighted by molar-refractivity contribution is 5.79. The van der Waals surface area contributed by atoms with E-state index in [4.69, 9.17) is 5.26 Å². The number of rotatable bonds is 3. The number of H-pyrrole nitrogens is 1. The Morgan fingerprint density at radius 1 is 1.24 bits per heavy atom. The number of anilines is 2. The molecule has 0 aliphatic carbocycles. The molecule has 0 saturated heterocycles. The molecule has 0 unspecified atom stereocenters. The van der Waals surface area contributed by atoms with E-state index in [1.807, 2.05) is 0 Å². The van der Waals surface area contributed by atoms with Crippen molar-refractivity contribution in [1.29, 1.82) is 5.26 Å². The van der Waals surface area contributed by atoms with Gasteiger partial charge < -0.3 is 10.3 Å². The summed E-state index contributed by atoms with van der Waals surface area (Å²) in [5, 5.41) is 22.5. The number of aromatic amines is 1. The third kappa shape index (κ3) is 2.50. The largest absolute Gasteiger partial charge is 0.326 e. The van der Waals surface area contributed by atoms with Crippen LogP contribution in [0.4, 0.5) is 17.3 Å². The lowest BCUT2D eigenvalue weighted by Gasteiger charge is -2.01. The highest BCUT2D eigenvalue weighted by atomic mass is 16.6. The van der Waals surface area contributed by atoms with Crippen LogP contribution in [0.25, 0.3) is 11.0 Å². The molecule has 0 radical (unpaired) electrons. The topological polar surface area (TPSA) is 108 Å². The van der Waals surface area contributed by atoms with E-state index in [2.05, 4.69) is 21.4 Å². The second-order valence-electron chi connectivity index (χ2n) is 4.36. The highest BCUT2D eigenvalue weighted by Crippen LogP contribution is 2.21. The summed E-state index contributed by atoms with van der Waals surface area (Å²) < 4.78 is 0. The van der Waals surface area contributed by atoms with Crippen LogP contribution in [0.3, 0.4) is 0 Å². The molecule has 21 heavy (non-hydrogen) atoms. The van der Waals surface area contributed by atoms with Crippen LogP contribution in [-0.2, 0) is 0 Å². The van der Waals surface area contributed by atoms with Gasteiger partial charge in [-0.1, -0.05) is 0 Å². The van der Waals surface area contributed by atoms with E-state index in [0.717, 1.165) is 11.0 Å². The molecule has 7 nitrogen and oxygen atoms in total. The molecule has 7 heteroatoms. The Hall–Kier alpha value is -3.40. The molecule has 102 valence electrons. The summed E-state index contributed by atoms with van der Waals surface area (Å²) in [5.74, 6) is 0.508. The number of benzene rings is 2. The number of hydrogen-bond donors (Lipinski definition) is 2. The van der Waals surface area contributed by atoms with Crippen molar-refractivity contribution >= 4 is 28.4 Å². The van der Waals surface area contributed by atoms with Gasteiger partial charge >= 0.3 is 0 Å². The number of aromatic nitrogens is 2. The number of non-ortho nitro benzene ring substituents is 1.